The summed E-state index contributed by atoms with van der Waals surface area (Å²) in [7, 11) is 1.55. The summed E-state index contributed by atoms with van der Waals surface area (Å²) in [5.41, 5.74) is 0.627. The van der Waals surface area contributed by atoms with E-state index in [9.17, 15) is 9.59 Å². The highest BCUT2D eigenvalue weighted by molar-refractivity contribution is 5.89. The highest BCUT2D eigenvalue weighted by atomic mass is 16.5. The number of urea groups is 1. The molecule has 1 aliphatic rings. The third-order valence-corrected chi connectivity index (χ3v) is 4.40. The quantitative estimate of drug-likeness (QED) is 0.896. The van der Waals surface area contributed by atoms with Gasteiger partial charge in [0.1, 0.15) is 0 Å². The molecular formula is C17H26N4O3. The molecule has 0 aliphatic carbocycles. The Balaban J connectivity index is 1.84. The highest BCUT2D eigenvalue weighted by Crippen LogP contribution is 2.21. The lowest BCUT2D eigenvalue weighted by molar-refractivity contribution is -0.136. The molecule has 1 aliphatic heterocycles. The Kier molecular flexibility index (Phi) is 6.40. The molecule has 2 rings (SSSR count). The summed E-state index contributed by atoms with van der Waals surface area (Å²) in [5.74, 6) is 0.736. The van der Waals surface area contributed by atoms with E-state index in [1.165, 1.54) is 0 Å². The van der Waals surface area contributed by atoms with Gasteiger partial charge in [-0.2, -0.15) is 0 Å². The molecule has 0 bridgehead atoms. The zero-order chi connectivity index (χ0) is 17.5. The van der Waals surface area contributed by atoms with E-state index in [-0.39, 0.29) is 17.9 Å². The lowest BCUT2D eigenvalue weighted by atomic mass is 9.95. The molecule has 1 N–H and O–H groups in total. The predicted molar refractivity (Wildman–Crippen MR) is 92.0 cm³/mol. The number of carbonyl (C=O) groups excluding carboxylic acids is 2. The standard InChI is InChI=1S/C17H26N4O3/c1-4-20(5-2)16(22)13-8-10-21(11-9-13)17(23)19-14-6-7-15(24-3)18-12-14/h6-7,12-13H,4-5,8-11H2,1-3H3,(H,19,23). The highest BCUT2D eigenvalue weighted by Gasteiger charge is 2.29. The molecule has 24 heavy (non-hydrogen) atoms. The molecule has 1 aromatic heterocycles. The molecular weight excluding hydrogens is 308 g/mol. The number of hydrogen-bond donors (Lipinski definition) is 1. The first-order valence-electron chi connectivity index (χ1n) is 8.43. The third kappa shape index (κ3) is 4.37. The molecule has 0 radical (unpaired) electrons. The number of methoxy groups -OCH3 is 1. The Morgan fingerprint density at radius 2 is 1.96 bits per heavy atom. The summed E-state index contributed by atoms with van der Waals surface area (Å²) in [6.45, 7) is 6.64. The van der Waals surface area contributed by atoms with E-state index in [0.717, 1.165) is 13.1 Å². The van der Waals surface area contributed by atoms with E-state index < -0.39 is 0 Å². The number of pyridine rings is 1. The van der Waals surface area contributed by atoms with Gasteiger partial charge in [-0.05, 0) is 32.8 Å². The first-order valence-corrected chi connectivity index (χ1v) is 8.43. The molecule has 1 fully saturated rings. The second-order valence-corrected chi connectivity index (χ2v) is 5.79. The van der Waals surface area contributed by atoms with Gasteiger partial charge in [0.05, 0.1) is 19.0 Å². The molecule has 2 heterocycles. The molecule has 0 aromatic carbocycles. The Morgan fingerprint density at radius 3 is 2.46 bits per heavy atom. The molecule has 1 saturated heterocycles. The maximum absolute atomic E-state index is 12.4. The number of nitrogens with one attached hydrogen (secondary N) is 1. The fraction of sp³-hybridized carbons (Fsp3) is 0.588. The van der Waals surface area contributed by atoms with Crippen molar-refractivity contribution >= 4 is 17.6 Å². The topological polar surface area (TPSA) is 74.8 Å². The van der Waals surface area contributed by atoms with Crippen LogP contribution in [0.1, 0.15) is 26.7 Å². The maximum atomic E-state index is 12.4. The predicted octanol–water partition coefficient (Wildman–Crippen LogP) is 2.20. The van der Waals surface area contributed by atoms with Crippen molar-refractivity contribution in [2.75, 3.05) is 38.6 Å². The molecule has 3 amide bonds. The second kappa shape index (κ2) is 8.52. The van der Waals surface area contributed by atoms with Crippen LogP contribution in [0, 0.1) is 5.92 Å². The van der Waals surface area contributed by atoms with Crippen LogP contribution in [0.25, 0.3) is 0 Å². The van der Waals surface area contributed by atoms with Crippen molar-refractivity contribution < 1.29 is 14.3 Å². The van der Waals surface area contributed by atoms with Crippen molar-refractivity contribution in [1.29, 1.82) is 0 Å². The Labute approximate surface area is 143 Å². The second-order valence-electron chi connectivity index (χ2n) is 5.79. The van der Waals surface area contributed by atoms with Gasteiger partial charge < -0.3 is 19.9 Å². The van der Waals surface area contributed by atoms with Crippen molar-refractivity contribution in [3.05, 3.63) is 18.3 Å². The molecule has 0 saturated carbocycles. The van der Waals surface area contributed by atoms with E-state index in [2.05, 4.69) is 10.3 Å². The number of nitrogens with zero attached hydrogens (tertiary/aromatic N) is 3. The number of carbonyl (C=O) groups is 2. The van der Waals surface area contributed by atoms with Gasteiger partial charge >= 0.3 is 6.03 Å². The van der Waals surface area contributed by atoms with Crippen molar-refractivity contribution in [3.63, 3.8) is 0 Å². The number of ether oxygens (including phenoxy) is 1. The lowest BCUT2D eigenvalue weighted by Crippen LogP contribution is -2.45. The summed E-state index contributed by atoms with van der Waals surface area (Å²) < 4.78 is 4.99. The minimum absolute atomic E-state index is 0.0246. The van der Waals surface area contributed by atoms with Gasteiger partial charge in [0, 0.05) is 38.2 Å². The zero-order valence-electron chi connectivity index (χ0n) is 14.6. The largest absolute Gasteiger partial charge is 0.481 e. The summed E-state index contributed by atoms with van der Waals surface area (Å²) in [4.78, 5) is 32.4. The molecule has 132 valence electrons. The smallest absolute Gasteiger partial charge is 0.321 e. The average molecular weight is 334 g/mol. The number of hydrogen-bond acceptors (Lipinski definition) is 4. The molecule has 0 atom stereocenters. The van der Waals surface area contributed by atoms with Crippen LogP contribution in [0.5, 0.6) is 5.88 Å². The van der Waals surface area contributed by atoms with Crippen molar-refractivity contribution in [2.45, 2.75) is 26.7 Å². The minimum Gasteiger partial charge on any atom is -0.481 e. The fourth-order valence-corrected chi connectivity index (χ4v) is 2.90. The third-order valence-electron chi connectivity index (χ3n) is 4.40. The number of likely N-dealkylation sites (tertiary alicyclic amines) is 1. The number of piperidine rings is 1. The van der Waals surface area contributed by atoms with Gasteiger partial charge in [0.25, 0.3) is 0 Å². The van der Waals surface area contributed by atoms with E-state index in [4.69, 9.17) is 4.74 Å². The van der Waals surface area contributed by atoms with Gasteiger partial charge in [-0.3, -0.25) is 4.79 Å². The van der Waals surface area contributed by atoms with Gasteiger partial charge in [-0.15, -0.1) is 0 Å². The van der Waals surface area contributed by atoms with Crippen molar-refractivity contribution in [1.82, 2.24) is 14.8 Å². The van der Waals surface area contributed by atoms with E-state index >= 15 is 0 Å². The average Bonchev–Trinajstić information content (AvgIpc) is 2.63. The molecule has 0 spiro atoms. The summed E-state index contributed by atoms with van der Waals surface area (Å²) in [6.07, 6.45) is 2.99. The number of anilines is 1. The van der Waals surface area contributed by atoms with Crippen LogP contribution in [-0.4, -0.2) is 60.0 Å². The van der Waals surface area contributed by atoms with Crippen LogP contribution in [-0.2, 0) is 4.79 Å². The Bertz CT molecular complexity index is 549. The van der Waals surface area contributed by atoms with Crippen LogP contribution < -0.4 is 10.1 Å². The van der Waals surface area contributed by atoms with Crippen LogP contribution in [0.15, 0.2) is 18.3 Å². The van der Waals surface area contributed by atoms with Crippen molar-refractivity contribution in [2.24, 2.45) is 5.92 Å². The van der Waals surface area contributed by atoms with Gasteiger partial charge in [0.2, 0.25) is 11.8 Å². The van der Waals surface area contributed by atoms with Gasteiger partial charge in [-0.1, -0.05) is 0 Å². The number of rotatable bonds is 5. The molecule has 1 aromatic rings. The Hall–Kier alpha value is -2.31. The van der Waals surface area contributed by atoms with E-state index in [0.29, 0.717) is 37.5 Å². The SMILES string of the molecule is CCN(CC)C(=O)C1CCN(C(=O)Nc2ccc(OC)nc2)CC1. The number of amides is 3. The summed E-state index contributed by atoms with van der Waals surface area (Å²) >= 11 is 0. The summed E-state index contributed by atoms with van der Waals surface area (Å²) in [5, 5.41) is 2.83. The first-order chi connectivity index (χ1) is 11.6. The normalized spacial score (nSPS) is 15.0. The summed E-state index contributed by atoms with van der Waals surface area (Å²) in [6, 6.07) is 3.29. The van der Waals surface area contributed by atoms with E-state index in [1.54, 1.807) is 30.3 Å². The lowest BCUT2D eigenvalue weighted by Gasteiger charge is -2.33. The number of aromatic nitrogens is 1. The van der Waals surface area contributed by atoms with Crippen molar-refractivity contribution in [3.8, 4) is 5.88 Å². The van der Waals surface area contributed by atoms with Crippen LogP contribution in [0.2, 0.25) is 0 Å². The fourth-order valence-electron chi connectivity index (χ4n) is 2.90. The minimum atomic E-state index is -0.157. The molecule has 0 unspecified atom stereocenters. The van der Waals surface area contributed by atoms with Gasteiger partial charge in [-0.25, -0.2) is 9.78 Å². The monoisotopic (exact) mass is 334 g/mol. The van der Waals surface area contributed by atoms with Crippen LogP contribution in [0.4, 0.5) is 10.5 Å². The van der Waals surface area contributed by atoms with Crippen LogP contribution in [0.3, 0.4) is 0 Å². The van der Waals surface area contributed by atoms with Gasteiger partial charge in [0.15, 0.2) is 0 Å². The van der Waals surface area contributed by atoms with Crippen LogP contribution >= 0.6 is 0 Å². The molecule has 7 heteroatoms. The first kappa shape index (κ1) is 18.0. The molecule has 7 nitrogen and oxygen atoms in total. The maximum Gasteiger partial charge on any atom is 0.321 e. The zero-order valence-corrected chi connectivity index (χ0v) is 14.6. The van der Waals surface area contributed by atoms with E-state index in [1.807, 2.05) is 18.7 Å². The Morgan fingerprint density at radius 1 is 1.29 bits per heavy atom.